The molecule has 0 aliphatic rings. The first-order valence-corrected chi connectivity index (χ1v) is 5.45. The van der Waals surface area contributed by atoms with Gasteiger partial charge in [-0.25, -0.2) is 0 Å². The van der Waals surface area contributed by atoms with Crippen LogP contribution in [-0.4, -0.2) is 5.16 Å². The summed E-state index contributed by atoms with van der Waals surface area (Å²) in [7, 11) is 0. The zero-order valence-electron chi connectivity index (χ0n) is 9.87. The monoisotopic (exact) mass is 216 g/mol. The Morgan fingerprint density at radius 2 is 2.06 bits per heavy atom. The molecule has 0 aliphatic heterocycles. The Kier molecular flexibility index (Phi) is 2.69. The maximum absolute atomic E-state index is 5.84. The fourth-order valence-corrected chi connectivity index (χ4v) is 2.00. The molecule has 0 saturated heterocycles. The molecule has 0 amide bonds. The molecular weight excluding hydrogens is 200 g/mol. The van der Waals surface area contributed by atoms with Crippen molar-refractivity contribution in [1.82, 2.24) is 5.16 Å². The third-order valence-corrected chi connectivity index (χ3v) is 2.82. The predicted octanol–water partition coefficient (Wildman–Crippen LogP) is 3.10. The summed E-state index contributed by atoms with van der Waals surface area (Å²) < 4.78 is 5.20. The van der Waals surface area contributed by atoms with Gasteiger partial charge in [0.1, 0.15) is 5.76 Å². The number of nitrogen functional groups attached to an aromatic ring is 1. The number of rotatable bonds is 2. The molecule has 0 saturated carbocycles. The number of nitrogens with two attached hydrogens (primary N) is 1. The van der Waals surface area contributed by atoms with Crippen molar-refractivity contribution in [2.45, 2.75) is 27.2 Å². The minimum Gasteiger partial charge on any atom is -0.399 e. The summed E-state index contributed by atoms with van der Waals surface area (Å²) in [5.41, 5.74) is 11.0. The first-order chi connectivity index (χ1) is 7.63. The van der Waals surface area contributed by atoms with E-state index in [1.54, 1.807) is 0 Å². The van der Waals surface area contributed by atoms with Gasteiger partial charge >= 0.3 is 0 Å². The number of benzene rings is 1. The summed E-state index contributed by atoms with van der Waals surface area (Å²) >= 11 is 0. The Labute approximate surface area is 95.3 Å². The van der Waals surface area contributed by atoms with E-state index in [1.807, 2.05) is 26.0 Å². The number of aromatic nitrogens is 1. The first-order valence-electron chi connectivity index (χ1n) is 5.45. The van der Waals surface area contributed by atoms with Gasteiger partial charge in [0.25, 0.3) is 0 Å². The number of anilines is 1. The SMILES string of the molecule is CCc1ccc(N)cc1-c1c(C)noc1C. The molecule has 84 valence electrons. The summed E-state index contributed by atoms with van der Waals surface area (Å²) in [6.07, 6.45) is 0.972. The van der Waals surface area contributed by atoms with Gasteiger partial charge in [-0.2, -0.15) is 0 Å². The standard InChI is InChI=1S/C13H16N2O/c1-4-10-5-6-11(14)7-12(10)13-8(2)15-16-9(13)3/h5-7H,4,14H2,1-3H3. The van der Waals surface area contributed by atoms with Gasteiger partial charge in [-0.15, -0.1) is 0 Å². The van der Waals surface area contributed by atoms with E-state index in [0.29, 0.717) is 0 Å². The molecular formula is C13H16N2O. The molecule has 0 radical (unpaired) electrons. The molecule has 2 aromatic rings. The van der Waals surface area contributed by atoms with E-state index in [4.69, 9.17) is 10.3 Å². The second kappa shape index (κ2) is 4.00. The number of hydrogen-bond acceptors (Lipinski definition) is 3. The second-order valence-electron chi connectivity index (χ2n) is 3.97. The largest absolute Gasteiger partial charge is 0.399 e. The van der Waals surface area contributed by atoms with Gasteiger partial charge in [-0.1, -0.05) is 18.1 Å². The van der Waals surface area contributed by atoms with Gasteiger partial charge in [0.2, 0.25) is 0 Å². The van der Waals surface area contributed by atoms with Crippen LogP contribution in [-0.2, 0) is 6.42 Å². The summed E-state index contributed by atoms with van der Waals surface area (Å²) in [6, 6.07) is 5.99. The lowest BCUT2D eigenvalue weighted by molar-refractivity contribution is 0.393. The van der Waals surface area contributed by atoms with Crippen LogP contribution in [0, 0.1) is 13.8 Å². The predicted molar refractivity (Wildman–Crippen MR) is 65.2 cm³/mol. The van der Waals surface area contributed by atoms with Crippen molar-refractivity contribution < 1.29 is 4.52 Å². The zero-order valence-corrected chi connectivity index (χ0v) is 9.87. The summed E-state index contributed by atoms with van der Waals surface area (Å²) in [6.45, 7) is 6.01. The van der Waals surface area contributed by atoms with Crippen LogP contribution in [0.3, 0.4) is 0 Å². The molecule has 3 nitrogen and oxygen atoms in total. The van der Waals surface area contributed by atoms with Crippen molar-refractivity contribution >= 4 is 5.69 Å². The second-order valence-corrected chi connectivity index (χ2v) is 3.97. The van der Waals surface area contributed by atoms with Crippen molar-refractivity contribution in [3.8, 4) is 11.1 Å². The van der Waals surface area contributed by atoms with Crippen molar-refractivity contribution in [2.24, 2.45) is 0 Å². The molecule has 2 N–H and O–H groups in total. The van der Waals surface area contributed by atoms with Gasteiger partial charge < -0.3 is 10.3 Å². The highest BCUT2D eigenvalue weighted by Crippen LogP contribution is 2.31. The molecule has 3 heteroatoms. The molecule has 0 atom stereocenters. The van der Waals surface area contributed by atoms with Crippen molar-refractivity contribution in [1.29, 1.82) is 0 Å². The van der Waals surface area contributed by atoms with Gasteiger partial charge in [-0.3, -0.25) is 0 Å². The molecule has 0 fully saturated rings. The molecule has 16 heavy (non-hydrogen) atoms. The lowest BCUT2D eigenvalue weighted by Crippen LogP contribution is -1.93. The van der Waals surface area contributed by atoms with Crippen LogP contribution in [0.25, 0.3) is 11.1 Å². The molecule has 0 bridgehead atoms. The fraction of sp³-hybridized carbons (Fsp3) is 0.308. The molecule has 1 heterocycles. The minimum atomic E-state index is 0.771. The fourth-order valence-electron chi connectivity index (χ4n) is 2.00. The molecule has 1 aromatic carbocycles. The smallest absolute Gasteiger partial charge is 0.141 e. The quantitative estimate of drug-likeness (QED) is 0.785. The van der Waals surface area contributed by atoms with Crippen molar-refractivity contribution in [3.63, 3.8) is 0 Å². The van der Waals surface area contributed by atoms with E-state index in [9.17, 15) is 0 Å². The Bertz CT molecular complexity index is 495. The minimum absolute atomic E-state index is 0.771. The van der Waals surface area contributed by atoms with Crippen molar-refractivity contribution in [2.75, 3.05) is 5.73 Å². The average Bonchev–Trinajstić information content (AvgIpc) is 2.58. The van der Waals surface area contributed by atoms with Crippen LogP contribution in [0.15, 0.2) is 22.7 Å². The number of hydrogen-bond donors (Lipinski definition) is 1. The highest BCUT2D eigenvalue weighted by Gasteiger charge is 2.14. The van der Waals surface area contributed by atoms with Gasteiger partial charge in [0, 0.05) is 11.3 Å². The van der Waals surface area contributed by atoms with Crippen LogP contribution in [0.2, 0.25) is 0 Å². The Morgan fingerprint density at radius 3 is 2.62 bits per heavy atom. The Balaban J connectivity index is 2.67. The Morgan fingerprint density at radius 1 is 1.31 bits per heavy atom. The maximum Gasteiger partial charge on any atom is 0.141 e. The van der Waals surface area contributed by atoms with Crippen LogP contribution in [0.5, 0.6) is 0 Å². The zero-order chi connectivity index (χ0) is 11.7. The maximum atomic E-state index is 5.84. The van der Waals surface area contributed by atoms with Gasteiger partial charge in [0.15, 0.2) is 0 Å². The third kappa shape index (κ3) is 1.69. The van der Waals surface area contributed by atoms with Crippen LogP contribution in [0.4, 0.5) is 5.69 Å². The molecule has 0 spiro atoms. The van der Waals surface area contributed by atoms with E-state index < -0.39 is 0 Å². The lowest BCUT2D eigenvalue weighted by atomic mass is 9.96. The Hall–Kier alpha value is -1.77. The van der Waals surface area contributed by atoms with Gasteiger partial charge in [0.05, 0.1) is 5.69 Å². The normalized spacial score (nSPS) is 10.7. The highest BCUT2D eigenvalue weighted by atomic mass is 16.5. The van der Waals surface area contributed by atoms with E-state index in [-0.39, 0.29) is 0 Å². The van der Waals surface area contributed by atoms with Gasteiger partial charge in [-0.05, 0) is 43.5 Å². The van der Waals surface area contributed by atoms with Crippen LogP contribution < -0.4 is 5.73 Å². The first kappa shape index (κ1) is 10.7. The number of aryl methyl sites for hydroxylation is 3. The van der Waals surface area contributed by atoms with E-state index in [1.165, 1.54) is 5.56 Å². The molecule has 1 aromatic heterocycles. The summed E-state index contributed by atoms with van der Waals surface area (Å²) in [4.78, 5) is 0. The van der Waals surface area contributed by atoms with Crippen LogP contribution in [0.1, 0.15) is 23.9 Å². The van der Waals surface area contributed by atoms with E-state index >= 15 is 0 Å². The van der Waals surface area contributed by atoms with Crippen LogP contribution >= 0.6 is 0 Å². The summed E-state index contributed by atoms with van der Waals surface area (Å²) in [5, 5.41) is 3.98. The molecule has 2 rings (SSSR count). The lowest BCUT2D eigenvalue weighted by Gasteiger charge is -2.08. The molecule has 0 unspecified atom stereocenters. The number of nitrogens with zero attached hydrogens (tertiary/aromatic N) is 1. The highest BCUT2D eigenvalue weighted by molar-refractivity contribution is 5.74. The van der Waals surface area contributed by atoms with E-state index in [2.05, 4.69) is 18.1 Å². The summed E-state index contributed by atoms with van der Waals surface area (Å²) in [5.74, 6) is 0.845. The molecule has 0 aliphatic carbocycles. The van der Waals surface area contributed by atoms with Crippen molar-refractivity contribution in [3.05, 3.63) is 35.2 Å². The third-order valence-electron chi connectivity index (χ3n) is 2.82. The van der Waals surface area contributed by atoms with E-state index in [0.717, 1.165) is 34.7 Å². The average molecular weight is 216 g/mol. The topological polar surface area (TPSA) is 52.0 Å².